The SMILES string of the molecule is CCC(Oc1ccc2c(c1)C(c1ccc(C)cc1)N(C(=O)C1CC1)CC2)C(=O)NCCN(C)C. The maximum Gasteiger partial charge on any atom is 0.261 e. The van der Waals surface area contributed by atoms with Crippen molar-refractivity contribution >= 4 is 11.8 Å². The average molecular weight is 464 g/mol. The monoisotopic (exact) mass is 463 g/mol. The van der Waals surface area contributed by atoms with Gasteiger partial charge in [-0.2, -0.15) is 0 Å². The van der Waals surface area contributed by atoms with Gasteiger partial charge in [-0.25, -0.2) is 0 Å². The molecule has 2 aromatic carbocycles. The van der Waals surface area contributed by atoms with Crippen LogP contribution < -0.4 is 10.1 Å². The zero-order chi connectivity index (χ0) is 24.2. The van der Waals surface area contributed by atoms with Gasteiger partial charge in [0.15, 0.2) is 6.10 Å². The molecule has 6 heteroatoms. The van der Waals surface area contributed by atoms with Crippen LogP contribution in [0.4, 0.5) is 0 Å². The molecule has 2 aromatic rings. The van der Waals surface area contributed by atoms with Crippen LogP contribution >= 0.6 is 0 Å². The molecule has 2 unspecified atom stereocenters. The highest BCUT2D eigenvalue weighted by Crippen LogP contribution is 2.41. The number of nitrogens with one attached hydrogen (secondary N) is 1. The Balaban J connectivity index is 1.59. The first-order valence-electron chi connectivity index (χ1n) is 12.5. The van der Waals surface area contributed by atoms with Gasteiger partial charge in [-0.15, -0.1) is 0 Å². The molecule has 1 aliphatic carbocycles. The molecule has 2 atom stereocenters. The fraction of sp³-hybridized carbons (Fsp3) is 0.500. The number of likely N-dealkylation sites (N-methyl/N-ethyl adjacent to an activating group) is 1. The average Bonchev–Trinajstić information content (AvgIpc) is 3.67. The molecule has 34 heavy (non-hydrogen) atoms. The largest absolute Gasteiger partial charge is 0.481 e. The fourth-order valence-electron chi connectivity index (χ4n) is 4.58. The Kier molecular flexibility index (Phi) is 7.57. The maximum absolute atomic E-state index is 13.2. The van der Waals surface area contributed by atoms with Gasteiger partial charge in [-0.1, -0.05) is 42.8 Å². The van der Waals surface area contributed by atoms with Gasteiger partial charge in [0.25, 0.3) is 5.91 Å². The zero-order valence-corrected chi connectivity index (χ0v) is 20.8. The lowest BCUT2D eigenvalue weighted by atomic mass is 9.87. The third-order valence-corrected chi connectivity index (χ3v) is 6.75. The Bertz CT molecular complexity index is 1010. The van der Waals surface area contributed by atoms with Crippen LogP contribution in [0.5, 0.6) is 5.75 Å². The molecule has 6 nitrogen and oxygen atoms in total. The van der Waals surface area contributed by atoms with E-state index in [9.17, 15) is 9.59 Å². The van der Waals surface area contributed by atoms with E-state index in [1.807, 2.05) is 38.1 Å². The van der Waals surface area contributed by atoms with Crippen LogP contribution in [-0.4, -0.2) is 61.4 Å². The van der Waals surface area contributed by atoms with E-state index < -0.39 is 6.10 Å². The lowest BCUT2D eigenvalue weighted by Crippen LogP contribution is -2.42. The summed E-state index contributed by atoms with van der Waals surface area (Å²) in [5.74, 6) is 1.01. The number of fused-ring (bicyclic) bond motifs is 1. The normalized spacial score (nSPS) is 18.4. The van der Waals surface area contributed by atoms with Crippen molar-refractivity contribution in [3.63, 3.8) is 0 Å². The molecule has 182 valence electrons. The summed E-state index contributed by atoms with van der Waals surface area (Å²) < 4.78 is 6.18. The van der Waals surface area contributed by atoms with Gasteiger partial charge in [-0.3, -0.25) is 9.59 Å². The number of ether oxygens (including phenoxy) is 1. The number of amides is 2. The molecule has 1 saturated carbocycles. The smallest absolute Gasteiger partial charge is 0.261 e. The Morgan fingerprint density at radius 3 is 2.53 bits per heavy atom. The van der Waals surface area contributed by atoms with E-state index in [-0.39, 0.29) is 23.8 Å². The molecule has 1 aliphatic heterocycles. The first kappa shape index (κ1) is 24.3. The van der Waals surface area contributed by atoms with Crippen molar-refractivity contribution in [2.75, 3.05) is 33.7 Å². The summed E-state index contributed by atoms with van der Waals surface area (Å²) in [6.45, 7) is 6.13. The second kappa shape index (κ2) is 10.6. The standard InChI is InChI=1S/C28H37N3O3/c1-5-25(27(32)29-15-17-30(3)4)34-23-13-12-20-14-16-31(28(33)22-10-11-22)26(24(20)18-23)21-8-6-19(2)7-9-21/h6-9,12-13,18,22,25-26H,5,10-11,14-17H2,1-4H3,(H,29,32). The third-order valence-electron chi connectivity index (χ3n) is 6.75. The highest BCUT2D eigenvalue weighted by Gasteiger charge is 2.39. The van der Waals surface area contributed by atoms with Crippen LogP contribution in [0.3, 0.4) is 0 Å². The van der Waals surface area contributed by atoms with Crippen LogP contribution in [-0.2, 0) is 16.0 Å². The molecular weight excluding hydrogens is 426 g/mol. The van der Waals surface area contributed by atoms with Gasteiger partial charge in [0, 0.05) is 25.6 Å². The van der Waals surface area contributed by atoms with E-state index in [2.05, 4.69) is 47.5 Å². The van der Waals surface area contributed by atoms with Crippen molar-refractivity contribution in [1.82, 2.24) is 15.1 Å². The van der Waals surface area contributed by atoms with E-state index in [1.54, 1.807) is 0 Å². The molecule has 0 aromatic heterocycles. The Morgan fingerprint density at radius 2 is 1.88 bits per heavy atom. The minimum atomic E-state index is -0.550. The molecule has 4 rings (SSSR count). The molecule has 1 N–H and O–H groups in total. The summed E-state index contributed by atoms with van der Waals surface area (Å²) in [6, 6.07) is 14.4. The highest BCUT2D eigenvalue weighted by atomic mass is 16.5. The number of carbonyl (C=O) groups is 2. The number of carbonyl (C=O) groups excluding carboxylic acids is 2. The van der Waals surface area contributed by atoms with E-state index in [0.29, 0.717) is 18.7 Å². The van der Waals surface area contributed by atoms with Crippen LogP contribution in [0.15, 0.2) is 42.5 Å². The van der Waals surface area contributed by atoms with Gasteiger partial charge >= 0.3 is 0 Å². The van der Waals surface area contributed by atoms with E-state index in [0.717, 1.165) is 43.5 Å². The van der Waals surface area contributed by atoms with Gasteiger partial charge in [0.05, 0.1) is 6.04 Å². The number of hydrogen-bond donors (Lipinski definition) is 1. The number of aryl methyl sites for hydroxylation is 1. The molecule has 0 radical (unpaired) electrons. The van der Waals surface area contributed by atoms with Crippen molar-refractivity contribution < 1.29 is 14.3 Å². The minimum Gasteiger partial charge on any atom is -0.481 e. The van der Waals surface area contributed by atoms with Crippen molar-refractivity contribution in [2.24, 2.45) is 5.92 Å². The summed E-state index contributed by atoms with van der Waals surface area (Å²) in [6.07, 6.45) is 2.85. The van der Waals surface area contributed by atoms with Crippen LogP contribution in [0, 0.1) is 12.8 Å². The molecule has 0 saturated heterocycles. The predicted octanol–water partition coefficient (Wildman–Crippen LogP) is 3.71. The topological polar surface area (TPSA) is 61.9 Å². The molecule has 2 aliphatic rings. The van der Waals surface area contributed by atoms with Crippen molar-refractivity contribution in [3.05, 3.63) is 64.7 Å². The fourth-order valence-corrected chi connectivity index (χ4v) is 4.58. The number of rotatable bonds is 9. The second-order valence-electron chi connectivity index (χ2n) is 9.84. The van der Waals surface area contributed by atoms with Crippen LogP contribution in [0.1, 0.15) is 54.5 Å². The van der Waals surface area contributed by atoms with Crippen LogP contribution in [0.2, 0.25) is 0 Å². The molecule has 1 fully saturated rings. The lowest BCUT2D eigenvalue weighted by Gasteiger charge is -2.38. The first-order chi connectivity index (χ1) is 16.4. The van der Waals surface area contributed by atoms with Gasteiger partial charge in [0.1, 0.15) is 5.75 Å². The van der Waals surface area contributed by atoms with E-state index in [1.165, 1.54) is 11.1 Å². The number of benzene rings is 2. The van der Waals surface area contributed by atoms with Crippen molar-refractivity contribution in [1.29, 1.82) is 0 Å². The quantitative estimate of drug-likeness (QED) is 0.616. The van der Waals surface area contributed by atoms with Crippen molar-refractivity contribution in [3.8, 4) is 5.75 Å². The van der Waals surface area contributed by atoms with Crippen molar-refractivity contribution in [2.45, 2.75) is 51.7 Å². The first-order valence-corrected chi connectivity index (χ1v) is 12.5. The predicted molar refractivity (Wildman–Crippen MR) is 134 cm³/mol. The molecule has 0 bridgehead atoms. The molecular formula is C28H37N3O3. The Hall–Kier alpha value is -2.86. The number of hydrogen-bond acceptors (Lipinski definition) is 4. The summed E-state index contributed by atoms with van der Waals surface area (Å²) in [7, 11) is 3.96. The minimum absolute atomic E-state index is 0.0947. The summed E-state index contributed by atoms with van der Waals surface area (Å²) in [5, 5.41) is 2.97. The Labute approximate surface area is 203 Å². The number of nitrogens with zero attached hydrogens (tertiary/aromatic N) is 2. The molecule has 1 heterocycles. The summed E-state index contributed by atoms with van der Waals surface area (Å²) in [5.41, 5.74) is 4.65. The molecule has 0 spiro atoms. The zero-order valence-electron chi connectivity index (χ0n) is 20.8. The van der Waals surface area contributed by atoms with Gasteiger partial charge in [-0.05, 0) is 75.5 Å². The van der Waals surface area contributed by atoms with E-state index in [4.69, 9.17) is 4.74 Å². The third kappa shape index (κ3) is 5.61. The summed E-state index contributed by atoms with van der Waals surface area (Å²) in [4.78, 5) is 30.0. The second-order valence-corrected chi connectivity index (χ2v) is 9.84. The molecule has 2 amide bonds. The van der Waals surface area contributed by atoms with Gasteiger partial charge in [0.2, 0.25) is 5.91 Å². The Morgan fingerprint density at radius 1 is 1.15 bits per heavy atom. The highest BCUT2D eigenvalue weighted by molar-refractivity contribution is 5.82. The van der Waals surface area contributed by atoms with E-state index >= 15 is 0 Å². The van der Waals surface area contributed by atoms with Gasteiger partial charge < -0.3 is 19.9 Å². The lowest BCUT2D eigenvalue weighted by molar-refractivity contribution is -0.134. The summed E-state index contributed by atoms with van der Waals surface area (Å²) >= 11 is 0. The van der Waals surface area contributed by atoms with Crippen LogP contribution in [0.25, 0.3) is 0 Å². The maximum atomic E-state index is 13.2.